The van der Waals surface area contributed by atoms with Gasteiger partial charge < -0.3 is 4.74 Å². The second-order valence-electron chi connectivity index (χ2n) is 5.42. The molecule has 0 bridgehead atoms. The van der Waals surface area contributed by atoms with Gasteiger partial charge in [0, 0.05) is 6.08 Å². The highest BCUT2D eigenvalue weighted by atomic mass is 16.5. The summed E-state index contributed by atoms with van der Waals surface area (Å²) >= 11 is 0. The van der Waals surface area contributed by atoms with Crippen molar-refractivity contribution in [2.24, 2.45) is 0 Å². The molecule has 0 spiro atoms. The number of rotatable bonds is 5. The molecule has 2 nitrogen and oxygen atoms in total. The van der Waals surface area contributed by atoms with Crippen LogP contribution >= 0.6 is 0 Å². The SMILES string of the molecule is C=CC(=O)OCc1ccc(-c2ccccc2)c(-c2ccccc2)c1. The summed E-state index contributed by atoms with van der Waals surface area (Å²) < 4.78 is 5.16. The van der Waals surface area contributed by atoms with E-state index in [4.69, 9.17) is 4.74 Å². The summed E-state index contributed by atoms with van der Waals surface area (Å²) in [7, 11) is 0. The Bertz CT molecular complexity index is 836. The van der Waals surface area contributed by atoms with Crippen molar-refractivity contribution >= 4 is 5.97 Å². The van der Waals surface area contributed by atoms with Gasteiger partial charge in [0.2, 0.25) is 0 Å². The van der Waals surface area contributed by atoms with Crippen LogP contribution in [0.5, 0.6) is 0 Å². The van der Waals surface area contributed by atoms with Gasteiger partial charge in [0.05, 0.1) is 0 Å². The van der Waals surface area contributed by atoms with Crippen molar-refractivity contribution in [1.29, 1.82) is 0 Å². The molecule has 0 aliphatic carbocycles. The number of hydrogen-bond acceptors (Lipinski definition) is 2. The number of carbonyl (C=O) groups is 1. The van der Waals surface area contributed by atoms with Crippen molar-refractivity contribution < 1.29 is 9.53 Å². The van der Waals surface area contributed by atoms with Crippen molar-refractivity contribution in [1.82, 2.24) is 0 Å². The minimum Gasteiger partial charge on any atom is -0.458 e. The molecule has 0 amide bonds. The first-order valence-electron chi connectivity index (χ1n) is 7.81. The zero-order valence-corrected chi connectivity index (χ0v) is 13.3. The highest BCUT2D eigenvalue weighted by molar-refractivity contribution is 5.84. The molecular formula is C22H18O2. The Hall–Kier alpha value is -3.13. The summed E-state index contributed by atoms with van der Waals surface area (Å²) in [6.45, 7) is 3.65. The van der Waals surface area contributed by atoms with Crippen molar-refractivity contribution in [2.75, 3.05) is 0 Å². The van der Waals surface area contributed by atoms with Gasteiger partial charge in [-0.1, -0.05) is 79.4 Å². The highest BCUT2D eigenvalue weighted by Gasteiger charge is 2.09. The maximum Gasteiger partial charge on any atom is 0.330 e. The number of esters is 1. The van der Waals surface area contributed by atoms with Gasteiger partial charge in [-0.05, 0) is 33.9 Å². The molecular weight excluding hydrogens is 296 g/mol. The van der Waals surface area contributed by atoms with Crippen molar-refractivity contribution in [3.63, 3.8) is 0 Å². The van der Waals surface area contributed by atoms with Crippen LogP contribution in [0.4, 0.5) is 0 Å². The van der Waals surface area contributed by atoms with Crippen LogP contribution < -0.4 is 0 Å². The molecule has 0 aromatic heterocycles. The molecule has 0 heterocycles. The van der Waals surface area contributed by atoms with Gasteiger partial charge >= 0.3 is 5.97 Å². The standard InChI is InChI=1S/C22H18O2/c1-2-22(23)24-16-17-13-14-20(18-9-5-3-6-10-18)21(15-17)19-11-7-4-8-12-19/h2-15H,1,16H2. The summed E-state index contributed by atoms with van der Waals surface area (Å²) in [4.78, 5) is 11.3. The lowest BCUT2D eigenvalue weighted by atomic mass is 9.93. The molecule has 3 rings (SSSR count). The monoisotopic (exact) mass is 314 g/mol. The third-order valence-corrected chi connectivity index (χ3v) is 3.80. The Morgan fingerprint density at radius 3 is 2.00 bits per heavy atom. The van der Waals surface area contributed by atoms with Crippen molar-refractivity contribution in [3.05, 3.63) is 97.1 Å². The fraction of sp³-hybridized carbons (Fsp3) is 0.0455. The maximum absolute atomic E-state index is 11.3. The quantitative estimate of drug-likeness (QED) is 0.475. The normalized spacial score (nSPS) is 10.2. The van der Waals surface area contributed by atoms with E-state index >= 15 is 0 Å². The molecule has 0 saturated heterocycles. The molecule has 0 atom stereocenters. The van der Waals surface area contributed by atoms with Gasteiger partial charge in [-0.2, -0.15) is 0 Å². The topological polar surface area (TPSA) is 26.3 Å². The van der Waals surface area contributed by atoms with Crippen LogP contribution in [-0.4, -0.2) is 5.97 Å². The van der Waals surface area contributed by atoms with E-state index < -0.39 is 5.97 Å². The van der Waals surface area contributed by atoms with Gasteiger partial charge in [0.25, 0.3) is 0 Å². The second kappa shape index (κ2) is 7.42. The van der Waals surface area contributed by atoms with E-state index in [1.807, 2.05) is 42.5 Å². The average Bonchev–Trinajstić information content (AvgIpc) is 2.67. The molecule has 0 unspecified atom stereocenters. The predicted molar refractivity (Wildman–Crippen MR) is 97.3 cm³/mol. The van der Waals surface area contributed by atoms with E-state index in [9.17, 15) is 4.79 Å². The molecule has 0 aliphatic heterocycles. The Morgan fingerprint density at radius 2 is 1.42 bits per heavy atom. The van der Waals surface area contributed by atoms with Gasteiger partial charge in [-0.3, -0.25) is 0 Å². The zero-order chi connectivity index (χ0) is 16.8. The maximum atomic E-state index is 11.3. The highest BCUT2D eigenvalue weighted by Crippen LogP contribution is 2.33. The van der Waals surface area contributed by atoms with Gasteiger partial charge in [0.1, 0.15) is 6.61 Å². The smallest absolute Gasteiger partial charge is 0.330 e. The van der Waals surface area contributed by atoms with Gasteiger partial charge in [-0.15, -0.1) is 0 Å². The van der Waals surface area contributed by atoms with Crippen LogP contribution in [-0.2, 0) is 16.1 Å². The predicted octanol–water partition coefficient (Wildman–Crippen LogP) is 5.25. The summed E-state index contributed by atoms with van der Waals surface area (Å²) in [5.74, 6) is -0.414. The number of hydrogen-bond donors (Lipinski definition) is 0. The largest absolute Gasteiger partial charge is 0.458 e. The van der Waals surface area contributed by atoms with Gasteiger partial charge in [-0.25, -0.2) is 4.79 Å². The van der Waals surface area contributed by atoms with E-state index in [1.54, 1.807) is 0 Å². The lowest BCUT2D eigenvalue weighted by molar-refractivity contribution is -0.138. The summed E-state index contributed by atoms with van der Waals surface area (Å²) in [5, 5.41) is 0. The lowest BCUT2D eigenvalue weighted by Gasteiger charge is -2.13. The van der Waals surface area contributed by atoms with Crippen LogP contribution in [0.15, 0.2) is 91.5 Å². The first-order valence-corrected chi connectivity index (χ1v) is 7.81. The van der Waals surface area contributed by atoms with Crippen molar-refractivity contribution in [2.45, 2.75) is 6.61 Å². The number of benzene rings is 3. The van der Waals surface area contributed by atoms with E-state index in [0.29, 0.717) is 0 Å². The molecule has 0 aliphatic rings. The van der Waals surface area contributed by atoms with Crippen LogP contribution in [0.3, 0.4) is 0 Å². The number of ether oxygens (including phenoxy) is 1. The molecule has 24 heavy (non-hydrogen) atoms. The number of carbonyl (C=O) groups excluding carboxylic acids is 1. The summed E-state index contributed by atoms with van der Waals surface area (Å²) in [6, 6.07) is 26.6. The molecule has 0 fully saturated rings. The first-order chi connectivity index (χ1) is 11.8. The summed E-state index contributed by atoms with van der Waals surface area (Å²) in [5.41, 5.74) is 5.51. The van der Waals surface area contributed by atoms with Crippen LogP contribution in [0.1, 0.15) is 5.56 Å². The minimum absolute atomic E-state index is 0.236. The Kier molecular flexibility index (Phi) is 4.87. The Morgan fingerprint density at radius 1 is 0.833 bits per heavy atom. The Balaban J connectivity index is 2.03. The Labute approximate surface area is 142 Å². The van der Waals surface area contributed by atoms with E-state index in [-0.39, 0.29) is 6.61 Å². The van der Waals surface area contributed by atoms with Gasteiger partial charge in [0.15, 0.2) is 0 Å². The van der Waals surface area contributed by atoms with Crippen molar-refractivity contribution in [3.8, 4) is 22.3 Å². The average molecular weight is 314 g/mol. The fourth-order valence-electron chi connectivity index (χ4n) is 2.62. The van der Waals surface area contributed by atoms with Crippen LogP contribution in [0, 0.1) is 0 Å². The first kappa shape index (κ1) is 15.8. The fourth-order valence-corrected chi connectivity index (χ4v) is 2.62. The molecule has 2 heteroatoms. The molecule has 3 aromatic rings. The zero-order valence-electron chi connectivity index (χ0n) is 13.3. The van der Waals surface area contributed by atoms with E-state index in [1.165, 1.54) is 6.08 Å². The molecule has 118 valence electrons. The molecule has 3 aromatic carbocycles. The lowest BCUT2D eigenvalue weighted by Crippen LogP contribution is -2.00. The molecule has 0 saturated carbocycles. The van der Waals surface area contributed by atoms with Crippen LogP contribution in [0.25, 0.3) is 22.3 Å². The second-order valence-corrected chi connectivity index (χ2v) is 5.42. The van der Waals surface area contributed by atoms with E-state index in [2.05, 4.69) is 43.0 Å². The minimum atomic E-state index is -0.414. The molecule has 0 radical (unpaired) electrons. The van der Waals surface area contributed by atoms with Crippen LogP contribution in [0.2, 0.25) is 0 Å². The molecule has 0 N–H and O–H groups in total. The third-order valence-electron chi connectivity index (χ3n) is 3.80. The third kappa shape index (κ3) is 3.61. The summed E-state index contributed by atoms with van der Waals surface area (Å²) in [6.07, 6.45) is 1.18. The van der Waals surface area contributed by atoms with E-state index in [0.717, 1.165) is 27.8 Å².